The van der Waals surface area contributed by atoms with Crippen LogP contribution in [0.5, 0.6) is 0 Å². The van der Waals surface area contributed by atoms with Crippen molar-refractivity contribution in [2.45, 2.75) is 4.90 Å². The van der Waals surface area contributed by atoms with Crippen LogP contribution in [0, 0.1) is 0 Å². The molecule has 0 radical (unpaired) electrons. The van der Waals surface area contributed by atoms with Crippen LogP contribution < -0.4 is 10.6 Å². The lowest BCUT2D eigenvalue weighted by atomic mass is 9.80. The first-order valence-electron chi connectivity index (χ1n) is 3.64. The van der Waals surface area contributed by atoms with E-state index in [1.807, 2.05) is 0 Å². The summed E-state index contributed by atoms with van der Waals surface area (Å²) < 4.78 is 58.4. The number of halogens is 4. The fourth-order valence-electron chi connectivity index (χ4n) is 0.950. The molecule has 0 fully saturated rings. The lowest BCUT2D eigenvalue weighted by molar-refractivity contribution is 0.501. The summed E-state index contributed by atoms with van der Waals surface area (Å²) in [4.78, 5) is -0.448. The molecule has 0 saturated carbocycles. The molecule has 0 aromatic heterocycles. The van der Waals surface area contributed by atoms with Crippen LogP contribution in [0.2, 0.25) is 5.02 Å². The van der Waals surface area contributed by atoms with Crippen molar-refractivity contribution in [2.24, 2.45) is 5.14 Å². The Morgan fingerprint density at radius 3 is 2.13 bits per heavy atom. The van der Waals surface area contributed by atoms with Gasteiger partial charge in [-0.05, 0) is 12.1 Å². The predicted molar refractivity (Wildman–Crippen MR) is 51.5 cm³/mol. The van der Waals surface area contributed by atoms with Crippen molar-refractivity contribution in [3.63, 3.8) is 0 Å². The van der Waals surface area contributed by atoms with Gasteiger partial charge >= 0.3 is 6.98 Å². The van der Waals surface area contributed by atoms with E-state index in [0.29, 0.717) is 12.1 Å². The Hall–Kier alpha value is -0.725. The maximum absolute atomic E-state index is 12.3. The second-order valence-electron chi connectivity index (χ2n) is 2.80. The highest BCUT2D eigenvalue weighted by Gasteiger charge is 2.28. The third-order valence-electron chi connectivity index (χ3n) is 1.65. The van der Waals surface area contributed by atoms with E-state index >= 15 is 0 Å². The minimum Gasteiger partial charge on any atom is -0.445 e. The summed E-state index contributed by atoms with van der Waals surface area (Å²) in [6.45, 7) is -5.25. The van der Waals surface area contributed by atoms with Crippen LogP contribution in [0.1, 0.15) is 0 Å². The molecule has 0 aliphatic carbocycles. The fraction of sp³-hybridized carbons (Fsp3) is 0. The zero-order valence-electron chi connectivity index (χ0n) is 7.12. The third kappa shape index (κ3) is 2.86. The molecule has 0 bridgehead atoms. The average Bonchev–Trinajstić information content (AvgIpc) is 1.99. The molecule has 84 valence electrons. The summed E-state index contributed by atoms with van der Waals surface area (Å²) in [7, 11) is -4.03. The van der Waals surface area contributed by atoms with Gasteiger partial charge in [0.05, 0.1) is 4.90 Å². The predicted octanol–water partition coefficient (Wildman–Crippen LogP) is 1.04. The molecule has 0 amide bonds. The highest BCUT2D eigenvalue weighted by atomic mass is 35.5. The van der Waals surface area contributed by atoms with Gasteiger partial charge in [-0.15, -0.1) is 0 Å². The summed E-state index contributed by atoms with van der Waals surface area (Å²) in [6.07, 6.45) is 0. The van der Waals surface area contributed by atoms with Gasteiger partial charge in [0.25, 0.3) is 0 Å². The first-order valence-corrected chi connectivity index (χ1v) is 5.57. The van der Waals surface area contributed by atoms with Crippen molar-refractivity contribution in [1.29, 1.82) is 0 Å². The lowest BCUT2D eigenvalue weighted by Crippen LogP contribution is -2.35. The zero-order valence-corrected chi connectivity index (χ0v) is 8.70. The van der Waals surface area contributed by atoms with Gasteiger partial charge in [-0.3, -0.25) is 0 Å². The quantitative estimate of drug-likeness (QED) is 0.806. The molecule has 1 aromatic rings. The Morgan fingerprint density at radius 1 is 1.27 bits per heavy atom. The Morgan fingerprint density at radius 2 is 1.80 bits per heavy atom. The van der Waals surface area contributed by atoms with Crippen LogP contribution >= 0.6 is 11.6 Å². The van der Waals surface area contributed by atoms with Gasteiger partial charge in [0.2, 0.25) is 10.0 Å². The largest absolute Gasteiger partial charge is 0.511 e. The number of hydrogen-bond acceptors (Lipinski definition) is 2. The molecule has 0 atom stereocenters. The van der Waals surface area contributed by atoms with Gasteiger partial charge in [-0.25, -0.2) is 13.6 Å². The normalized spacial score (nSPS) is 12.9. The summed E-state index contributed by atoms with van der Waals surface area (Å²) >= 11 is 5.30. The zero-order chi connectivity index (χ0) is 11.9. The molecule has 2 N–H and O–H groups in total. The van der Waals surface area contributed by atoms with Crippen molar-refractivity contribution in [2.75, 3.05) is 0 Å². The molecule has 15 heavy (non-hydrogen) atoms. The van der Waals surface area contributed by atoms with Crippen LogP contribution in [0.3, 0.4) is 0 Å². The smallest absolute Gasteiger partial charge is 0.445 e. The molecule has 0 aliphatic heterocycles. The third-order valence-corrected chi connectivity index (χ3v) is 2.89. The fourth-order valence-corrected chi connectivity index (χ4v) is 1.86. The van der Waals surface area contributed by atoms with Gasteiger partial charge in [0.15, 0.2) is 0 Å². The Kier molecular flexibility index (Phi) is 3.04. The van der Waals surface area contributed by atoms with E-state index < -0.39 is 32.4 Å². The topological polar surface area (TPSA) is 60.2 Å². The molecule has 0 unspecified atom stereocenters. The Bertz CT molecular complexity index is 488. The molecular formula is C6H5BClF3NO2S-. The van der Waals surface area contributed by atoms with Crippen molar-refractivity contribution >= 4 is 34.1 Å². The molecule has 0 aliphatic rings. The van der Waals surface area contributed by atoms with Crippen molar-refractivity contribution in [1.82, 2.24) is 0 Å². The molecule has 0 heterocycles. The molecule has 9 heteroatoms. The molecule has 1 aromatic carbocycles. The van der Waals surface area contributed by atoms with Gasteiger partial charge in [-0.1, -0.05) is 23.1 Å². The second kappa shape index (κ2) is 3.69. The van der Waals surface area contributed by atoms with Crippen molar-refractivity contribution in [3.05, 3.63) is 23.2 Å². The number of hydrogen-bond donors (Lipinski definition) is 1. The first kappa shape index (κ1) is 12.3. The molecule has 0 spiro atoms. The van der Waals surface area contributed by atoms with E-state index in [9.17, 15) is 21.4 Å². The minimum absolute atomic E-state index is 0.448. The summed E-state index contributed by atoms with van der Waals surface area (Å²) in [5.41, 5.74) is -1.04. The molecule has 1 rings (SSSR count). The summed E-state index contributed by atoms with van der Waals surface area (Å²) in [5, 5.41) is 4.05. The van der Waals surface area contributed by atoms with Gasteiger partial charge in [-0.2, -0.15) is 0 Å². The van der Waals surface area contributed by atoms with E-state index in [-0.39, 0.29) is 0 Å². The Balaban J connectivity index is 3.34. The highest BCUT2D eigenvalue weighted by molar-refractivity contribution is 7.89. The van der Waals surface area contributed by atoms with E-state index in [2.05, 4.69) is 0 Å². The molecule has 0 saturated heterocycles. The van der Waals surface area contributed by atoms with Gasteiger partial charge in [0.1, 0.15) is 0 Å². The van der Waals surface area contributed by atoms with E-state index in [1.165, 1.54) is 0 Å². The summed E-state index contributed by atoms with van der Waals surface area (Å²) in [6, 6.07) is 2.05. The standard InChI is InChI=1S/C6H5BClF3NO2S/c8-6-3-4(15(12,13)14)1-2-5(6)7(9,10)11/h1-3H,(H2,12,13,14)/q-1. The van der Waals surface area contributed by atoms with Crippen molar-refractivity contribution < 1.29 is 21.4 Å². The molecule has 3 nitrogen and oxygen atoms in total. The van der Waals surface area contributed by atoms with Crippen LogP contribution in [0.25, 0.3) is 0 Å². The number of benzene rings is 1. The molecular weight excluding hydrogens is 253 g/mol. The summed E-state index contributed by atoms with van der Waals surface area (Å²) in [5.74, 6) is 0. The van der Waals surface area contributed by atoms with Crippen LogP contribution in [0.4, 0.5) is 12.9 Å². The van der Waals surface area contributed by atoms with E-state index in [0.717, 1.165) is 6.07 Å². The monoisotopic (exact) mass is 258 g/mol. The Labute approximate surface area is 89.1 Å². The number of nitrogens with two attached hydrogens (primary N) is 1. The minimum atomic E-state index is -5.25. The van der Waals surface area contributed by atoms with Crippen LogP contribution in [-0.2, 0) is 10.0 Å². The maximum Gasteiger partial charge on any atom is 0.511 e. The van der Waals surface area contributed by atoms with Gasteiger partial charge in [0, 0.05) is 5.02 Å². The number of primary sulfonamides is 1. The van der Waals surface area contributed by atoms with Crippen LogP contribution in [-0.4, -0.2) is 15.4 Å². The van der Waals surface area contributed by atoms with E-state index in [1.54, 1.807) is 0 Å². The first-order chi connectivity index (χ1) is 6.62. The SMILES string of the molecule is NS(=O)(=O)c1ccc([B-](F)(F)F)c(Cl)c1. The highest BCUT2D eigenvalue weighted by Crippen LogP contribution is 2.19. The second-order valence-corrected chi connectivity index (χ2v) is 4.77. The van der Waals surface area contributed by atoms with Crippen molar-refractivity contribution in [3.8, 4) is 0 Å². The average molecular weight is 258 g/mol. The number of rotatable bonds is 2. The lowest BCUT2D eigenvalue weighted by Gasteiger charge is -2.16. The van der Waals surface area contributed by atoms with Gasteiger partial charge < -0.3 is 12.9 Å². The van der Waals surface area contributed by atoms with Crippen LogP contribution in [0.15, 0.2) is 23.1 Å². The maximum atomic E-state index is 12.3. The number of sulfonamides is 1. The van der Waals surface area contributed by atoms with E-state index in [4.69, 9.17) is 16.7 Å².